The van der Waals surface area contributed by atoms with E-state index in [0.29, 0.717) is 16.2 Å². The monoisotopic (exact) mass is 463 g/mol. The largest absolute Gasteiger partial charge is 0.506 e. The van der Waals surface area contributed by atoms with Crippen LogP contribution in [0.4, 0.5) is 0 Å². The molecule has 8 heteroatoms. The maximum Gasteiger partial charge on any atom is 0.344 e. The molecule has 1 aromatic rings. The lowest BCUT2D eigenvalue weighted by Crippen LogP contribution is -2.14. The van der Waals surface area contributed by atoms with E-state index in [1.54, 1.807) is 38.1 Å². The zero-order valence-electron chi connectivity index (χ0n) is 15.3. The predicted octanol–water partition coefficient (Wildman–Crippen LogP) is 4.26. The van der Waals surface area contributed by atoms with Crippen LogP contribution in [0.3, 0.4) is 0 Å². The Labute approximate surface area is 175 Å². The van der Waals surface area contributed by atoms with E-state index in [1.165, 1.54) is 0 Å². The van der Waals surface area contributed by atoms with Crippen molar-refractivity contribution in [3.63, 3.8) is 0 Å². The lowest BCUT2D eigenvalue weighted by atomic mass is 10.1. The number of rotatable bonds is 6. The molecule has 0 radical (unpaired) electrons. The molecule has 0 unspecified atom stereocenters. The third-order valence-corrected chi connectivity index (χ3v) is 4.98. The lowest BCUT2D eigenvalue weighted by molar-refractivity contribution is -0.138. The van der Waals surface area contributed by atoms with Crippen molar-refractivity contribution in [2.45, 2.75) is 20.3 Å². The minimum Gasteiger partial charge on any atom is -0.506 e. The molecule has 1 N–H and O–H groups in total. The van der Waals surface area contributed by atoms with Crippen molar-refractivity contribution >= 4 is 50.7 Å². The standard InChI is InChI=1S/C20H18BrNO5S/c1-4-9-27-14-8-7-13(21)10-12(14)11-15-18(24)17(20(25)26-6-3)19(28-15)22-16(23)5-2/h1,7-8,10-11,24H,5-6,9H2,2-3H3/b15-11-,22-19?. The van der Waals surface area contributed by atoms with E-state index in [0.717, 1.165) is 16.2 Å². The van der Waals surface area contributed by atoms with E-state index >= 15 is 0 Å². The van der Waals surface area contributed by atoms with Crippen molar-refractivity contribution < 1.29 is 24.2 Å². The summed E-state index contributed by atoms with van der Waals surface area (Å²) in [6, 6.07) is 5.31. The third-order valence-electron chi connectivity index (χ3n) is 3.47. The number of aliphatic hydroxyl groups excluding tert-OH is 1. The molecular formula is C20H18BrNO5S. The molecule has 0 bridgehead atoms. The van der Waals surface area contributed by atoms with Crippen LogP contribution >= 0.6 is 27.7 Å². The second-order valence-corrected chi connectivity index (χ2v) is 7.34. The van der Waals surface area contributed by atoms with Crippen LogP contribution in [0.1, 0.15) is 25.8 Å². The number of hydrogen-bond acceptors (Lipinski definition) is 6. The van der Waals surface area contributed by atoms with Gasteiger partial charge in [0.1, 0.15) is 28.7 Å². The van der Waals surface area contributed by atoms with Crippen LogP contribution in [0.2, 0.25) is 0 Å². The number of benzene rings is 1. The molecule has 1 amide bonds. The van der Waals surface area contributed by atoms with Crippen LogP contribution in [0.15, 0.2) is 43.9 Å². The van der Waals surface area contributed by atoms with Gasteiger partial charge >= 0.3 is 5.97 Å². The van der Waals surface area contributed by atoms with Gasteiger partial charge in [0, 0.05) is 16.5 Å². The molecule has 146 valence electrons. The number of aliphatic hydroxyl groups is 1. The summed E-state index contributed by atoms with van der Waals surface area (Å²) in [6.45, 7) is 3.52. The molecule has 28 heavy (non-hydrogen) atoms. The Morgan fingerprint density at radius 3 is 2.79 bits per heavy atom. The Kier molecular flexibility index (Phi) is 7.91. The summed E-state index contributed by atoms with van der Waals surface area (Å²) in [6.07, 6.45) is 7.06. The zero-order valence-corrected chi connectivity index (χ0v) is 17.7. The van der Waals surface area contributed by atoms with Gasteiger partial charge in [-0.15, -0.1) is 6.42 Å². The summed E-state index contributed by atoms with van der Waals surface area (Å²) < 4.78 is 11.3. The normalized spacial score (nSPS) is 16.4. The van der Waals surface area contributed by atoms with Crippen molar-refractivity contribution in [1.29, 1.82) is 0 Å². The van der Waals surface area contributed by atoms with E-state index in [1.807, 2.05) is 0 Å². The fraction of sp³-hybridized carbons (Fsp3) is 0.250. The summed E-state index contributed by atoms with van der Waals surface area (Å²) in [4.78, 5) is 28.3. The Morgan fingerprint density at radius 1 is 1.39 bits per heavy atom. The van der Waals surface area contributed by atoms with E-state index in [-0.39, 0.29) is 36.0 Å². The Bertz CT molecular complexity index is 927. The zero-order chi connectivity index (χ0) is 20.7. The number of carbonyl (C=O) groups is 2. The average Bonchev–Trinajstić information content (AvgIpc) is 2.96. The molecule has 0 saturated carbocycles. The van der Waals surface area contributed by atoms with E-state index in [2.05, 4.69) is 26.8 Å². The number of thioether (sulfide) groups is 1. The van der Waals surface area contributed by atoms with Gasteiger partial charge < -0.3 is 14.6 Å². The summed E-state index contributed by atoms with van der Waals surface area (Å²) in [5, 5.41) is 10.7. The van der Waals surface area contributed by atoms with Crippen molar-refractivity contribution in [3.8, 4) is 18.1 Å². The number of nitrogens with zero attached hydrogens (tertiary/aromatic N) is 1. The van der Waals surface area contributed by atoms with Gasteiger partial charge in [0.2, 0.25) is 5.91 Å². The fourth-order valence-electron chi connectivity index (χ4n) is 2.21. The van der Waals surface area contributed by atoms with Gasteiger partial charge in [-0.2, -0.15) is 0 Å². The number of aliphatic imine (C=N–C) groups is 1. The second-order valence-electron chi connectivity index (χ2n) is 5.39. The third kappa shape index (κ3) is 5.27. The first-order valence-electron chi connectivity index (χ1n) is 8.39. The first-order valence-corrected chi connectivity index (χ1v) is 10.00. The first-order chi connectivity index (χ1) is 13.4. The molecule has 1 heterocycles. The quantitative estimate of drug-likeness (QED) is 0.500. The van der Waals surface area contributed by atoms with Crippen molar-refractivity contribution in [1.82, 2.24) is 0 Å². The number of halogens is 1. The average molecular weight is 464 g/mol. The molecule has 0 fully saturated rings. The number of terminal acetylenes is 1. The molecule has 1 aromatic carbocycles. The topological polar surface area (TPSA) is 85.2 Å². The molecular weight excluding hydrogens is 446 g/mol. The molecule has 0 atom stereocenters. The molecule has 0 aromatic heterocycles. The smallest absolute Gasteiger partial charge is 0.344 e. The second kappa shape index (κ2) is 10.2. The highest BCUT2D eigenvalue weighted by Gasteiger charge is 2.33. The molecule has 2 rings (SSSR count). The number of carbonyl (C=O) groups excluding carboxylic acids is 2. The molecule has 0 spiro atoms. The van der Waals surface area contributed by atoms with Crippen LogP contribution in [-0.4, -0.2) is 35.2 Å². The van der Waals surface area contributed by atoms with Gasteiger partial charge in [0.25, 0.3) is 0 Å². The van der Waals surface area contributed by atoms with Gasteiger partial charge in [0.05, 0.1) is 11.5 Å². The van der Waals surface area contributed by atoms with Crippen LogP contribution in [0, 0.1) is 12.3 Å². The Balaban J connectivity index is 2.53. The maximum absolute atomic E-state index is 12.3. The number of esters is 1. The predicted molar refractivity (Wildman–Crippen MR) is 113 cm³/mol. The Morgan fingerprint density at radius 2 is 2.14 bits per heavy atom. The first kappa shape index (κ1) is 21.8. The molecule has 1 aliphatic rings. The van der Waals surface area contributed by atoms with Crippen molar-refractivity contribution in [2.24, 2.45) is 4.99 Å². The maximum atomic E-state index is 12.3. The summed E-state index contributed by atoms with van der Waals surface area (Å²) in [7, 11) is 0. The Hall–Kier alpha value is -2.50. The van der Waals surface area contributed by atoms with Crippen molar-refractivity contribution in [2.75, 3.05) is 13.2 Å². The highest BCUT2D eigenvalue weighted by atomic mass is 79.9. The number of hydrogen-bond donors (Lipinski definition) is 1. The van der Waals surface area contributed by atoms with Gasteiger partial charge in [-0.05, 0) is 31.2 Å². The van der Waals surface area contributed by atoms with E-state index in [9.17, 15) is 14.7 Å². The molecule has 0 aliphatic carbocycles. The molecule has 1 aliphatic heterocycles. The van der Waals surface area contributed by atoms with Gasteiger partial charge in [-0.1, -0.05) is 40.5 Å². The minimum absolute atomic E-state index is 0.0819. The van der Waals surface area contributed by atoms with E-state index in [4.69, 9.17) is 15.9 Å². The highest BCUT2D eigenvalue weighted by molar-refractivity contribution is 9.10. The van der Waals surface area contributed by atoms with Gasteiger partial charge in [-0.3, -0.25) is 4.79 Å². The van der Waals surface area contributed by atoms with Crippen LogP contribution in [-0.2, 0) is 14.3 Å². The summed E-state index contributed by atoms with van der Waals surface area (Å²) in [5.74, 6) is 1.46. The summed E-state index contributed by atoms with van der Waals surface area (Å²) in [5.41, 5.74) is 0.506. The van der Waals surface area contributed by atoms with Crippen molar-refractivity contribution in [3.05, 3.63) is 44.5 Å². The lowest BCUT2D eigenvalue weighted by Gasteiger charge is -2.08. The van der Waals surface area contributed by atoms with Crippen LogP contribution in [0.25, 0.3) is 6.08 Å². The van der Waals surface area contributed by atoms with Crippen LogP contribution < -0.4 is 4.74 Å². The molecule has 0 saturated heterocycles. The number of ether oxygens (including phenoxy) is 2. The van der Waals surface area contributed by atoms with Crippen LogP contribution in [0.5, 0.6) is 5.75 Å². The number of amides is 1. The highest BCUT2D eigenvalue weighted by Crippen LogP contribution is 2.40. The SMILES string of the molecule is C#CCOc1ccc(Br)cc1/C=C1\SC(=NC(=O)CC)C(C(=O)OCC)=C1O. The fourth-order valence-corrected chi connectivity index (χ4v) is 3.61. The van der Waals surface area contributed by atoms with Gasteiger partial charge in [0.15, 0.2) is 0 Å². The van der Waals surface area contributed by atoms with E-state index < -0.39 is 11.9 Å². The molecule has 6 nitrogen and oxygen atoms in total. The van der Waals surface area contributed by atoms with Gasteiger partial charge in [-0.25, -0.2) is 9.79 Å². The minimum atomic E-state index is -0.739. The summed E-state index contributed by atoms with van der Waals surface area (Å²) >= 11 is 4.40.